The Morgan fingerprint density at radius 2 is 1.22 bits per heavy atom. The fourth-order valence-corrected chi connectivity index (χ4v) is 11.9. The highest BCUT2D eigenvalue weighted by Gasteiger charge is 2.66. The molecule has 3 saturated heterocycles. The Morgan fingerprint density at radius 3 is 1.80 bits per heavy atom. The van der Waals surface area contributed by atoms with Gasteiger partial charge in [-0.3, -0.25) is 4.79 Å². The zero-order chi connectivity index (χ0) is 39.8. The molecule has 3 heterocycles. The maximum atomic E-state index is 14.8. The number of carbonyl (C=O) groups excluding carboxylic acids is 1. The maximum Gasteiger partial charge on any atom is 0.314 e. The molecule has 10 N–H and O–H groups in total. The first-order valence-electron chi connectivity index (χ1n) is 19.8. The van der Waals surface area contributed by atoms with E-state index in [-0.39, 0.29) is 16.7 Å². The van der Waals surface area contributed by atoms with Crippen LogP contribution in [0.3, 0.4) is 0 Å². The van der Waals surface area contributed by atoms with Gasteiger partial charge in [0.25, 0.3) is 0 Å². The van der Waals surface area contributed by atoms with E-state index in [4.69, 9.17) is 28.4 Å². The Labute approximate surface area is 319 Å². The van der Waals surface area contributed by atoms with Gasteiger partial charge in [0.2, 0.25) is 6.29 Å². The second kappa shape index (κ2) is 15.7. The summed E-state index contributed by atoms with van der Waals surface area (Å²) in [4.78, 5) is 14.8. The minimum atomic E-state index is -1.94. The number of hydrogen-bond donors (Lipinski definition) is 10. The third kappa shape index (κ3) is 6.91. The number of carbonyl (C=O) groups is 1. The van der Waals surface area contributed by atoms with E-state index in [1.54, 1.807) is 0 Å². The van der Waals surface area contributed by atoms with Gasteiger partial charge in [0.05, 0.1) is 25.2 Å². The zero-order valence-electron chi connectivity index (χ0n) is 31.4. The number of hydrogen-bond acceptors (Lipinski definition) is 17. The van der Waals surface area contributed by atoms with Crippen LogP contribution < -0.4 is 0 Å². The molecule has 2 unspecified atom stereocenters. The van der Waals surface area contributed by atoms with E-state index in [9.17, 15) is 55.9 Å². The van der Waals surface area contributed by atoms with Crippen LogP contribution >= 0.6 is 0 Å². The number of aliphatic hydroxyl groups is 10. The fraction of sp³-hybridized carbons (Fsp3) is 0.921. The molecule has 3 aliphatic heterocycles. The highest BCUT2D eigenvalue weighted by molar-refractivity contribution is 5.77. The highest BCUT2D eigenvalue weighted by atomic mass is 16.8. The van der Waals surface area contributed by atoms with Gasteiger partial charge in [-0.2, -0.15) is 0 Å². The first-order chi connectivity index (χ1) is 26.0. The SMILES string of the molecule is C=C1C[C@@]23CCC4[C@](C)(C(=O)O[C@@H]5O[C@H](CO)[C@@H](O)C(O[C@@H]6O[C@H](CO)[C@@H](O)[C@H](O)[C@H]6O)[C@H]5O[C@@H]5O[C@H](CO)[C@@H](O)[C@H](O)[C@H]5O)CCC[C@@]4(C)[C@@H]2CC[C@@H]1C3. The second-order valence-corrected chi connectivity index (χ2v) is 17.8. The van der Waals surface area contributed by atoms with Gasteiger partial charge in [-0.1, -0.05) is 25.5 Å². The molecule has 0 amide bonds. The summed E-state index contributed by atoms with van der Waals surface area (Å²) in [5, 5.41) is 105. The number of fused-ring (bicyclic) bond motifs is 3. The van der Waals surface area contributed by atoms with Crippen molar-refractivity contribution in [2.75, 3.05) is 19.8 Å². The Morgan fingerprint density at radius 1 is 0.673 bits per heavy atom. The highest BCUT2D eigenvalue weighted by Crippen LogP contribution is 2.72. The van der Waals surface area contributed by atoms with E-state index in [0.717, 1.165) is 51.4 Å². The van der Waals surface area contributed by atoms with E-state index in [1.807, 2.05) is 6.92 Å². The van der Waals surface area contributed by atoms with Gasteiger partial charge in [-0.15, -0.1) is 0 Å². The Bertz CT molecular complexity index is 1400. The third-order valence-corrected chi connectivity index (χ3v) is 14.8. The van der Waals surface area contributed by atoms with Gasteiger partial charge in [-0.05, 0) is 86.9 Å². The van der Waals surface area contributed by atoms with Crippen LogP contribution in [0.25, 0.3) is 0 Å². The third-order valence-electron chi connectivity index (χ3n) is 14.8. The zero-order valence-corrected chi connectivity index (χ0v) is 31.4. The van der Waals surface area contributed by atoms with Gasteiger partial charge in [0, 0.05) is 0 Å². The summed E-state index contributed by atoms with van der Waals surface area (Å²) in [7, 11) is 0. The Balaban J connectivity index is 1.20. The summed E-state index contributed by atoms with van der Waals surface area (Å²) in [6.45, 7) is 6.22. The first-order valence-corrected chi connectivity index (χ1v) is 19.8. The summed E-state index contributed by atoms with van der Waals surface area (Å²) in [5.41, 5.74) is 0.335. The standard InChI is InChI=1S/C38H60O17/c1-16-11-38-10-7-21-36(2,22(38)6-5-17(16)12-38)8-4-9-37(21,3)35(49)55-34-31(54-33-29(48)27(46)24(43)19(14-40)51-33)30(25(44)20(15-41)52-34)53-32-28(47)26(45)23(42)18(13-39)50-32/h17-34,39-48H,1,4-15H2,2-3H3/t17-,18-,19-,20-,21?,22+,23-,24-,25-,26+,27+,28-,29-,30?,31-,32+,33+,34+,36-,37-,38-/m1/s1. The predicted molar refractivity (Wildman–Crippen MR) is 185 cm³/mol. The maximum absolute atomic E-state index is 14.8. The molecule has 0 aromatic heterocycles. The van der Waals surface area contributed by atoms with Crippen molar-refractivity contribution < 1.29 is 84.3 Å². The van der Waals surface area contributed by atoms with Crippen molar-refractivity contribution in [3.8, 4) is 0 Å². The molecule has 4 aliphatic carbocycles. The average Bonchev–Trinajstić information content (AvgIpc) is 3.39. The molecule has 0 aromatic rings. The monoisotopic (exact) mass is 788 g/mol. The molecule has 314 valence electrons. The lowest BCUT2D eigenvalue weighted by molar-refractivity contribution is -0.388. The second-order valence-electron chi connectivity index (χ2n) is 17.8. The van der Waals surface area contributed by atoms with Crippen LogP contribution in [0.15, 0.2) is 12.2 Å². The van der Waals surface area contributed by atoms with Crippen LogP contribution in [-0.4, -0.2) is 169 Å². The number of allylic oxidation sites excluding steroid dienone is 1. The van der Waals surface area contributed by atoms with E-state index in [2.05, 4.69) is 13.5 Å². The largest absolute Gasteiger partial charge is 0.432 e. The van der Waals surface area contributed by atoms with E-state index < -0.39 is 123 Å². The number of esters is 1. The van der Waals surface area contributed by atoms with Crippen molar-refractivity contribution in [1.29, 1.82) is 0 Å². The molecule has 0 aromatic carbocycles. The summed E-state index contributed by atoms with van der Waals surface area (Å²) in [5.74, 6) is 0.264. The fourth-order valence-electron chi connectivity index (χ4n) is 11.9. The van der Waals surface area contributed by atoms with Crippen LogP contribution in [0.1, 0.15) is 71.6 Å². The number of aliphatic hydroxyl groups excluding tert-OH is 10. The van der Waals surface area contributed by atoms with Gasteiger partial charge in [0.1, 0.15) is 67.1 Å². The molecule has 7 fully saturated rings. The smallest absolute Gasteiger partial charge is 0.314 e. The normalized spacial score (nSPS) is 54.0. The molecule has 17 heteroatoms. The minimum absolute atomic E-state index is 0.0592. The number of rotatable bonds is 9. The predicted octanol–water partition coefficient (Wildman–Crippen LogP) is -2.05. The molecular weight excluding hydrogens is 728 g/mol. The molecule has 17 nitrogen and oxygen atoms in total. The lowest BCUT2D eigenvalue weighted by Gasteiger charge is -2.63. The summed E-state index contributed by atoms with van der Waals surface area (Å²) in [6, 6.07) is 0. The van der Waals surface area contributed by atoms with Crippen molar-refractivity contribution in [3.63, 3.8) is 0 Å². The van der Waals surface area contributed by atoms with Crippen molar-refractivity contribution in [3.05, 3.63) is 12.2 Å². The molecular formula is C38H60O17. The molecule has 1 spiro atoms. The van der Waals surface area contributed by atoms with Crippen molar-refractivity contribution >= 4 is 5.97 Å². The van der Waals surface area contributed by atoms with Crippen molar-refractivity contribution in [2.24, 2.45) is 34.0 Å². The lowest BCUT2D eigenvalue weighted by atomic mass is 9.41. The van der Waals surface area contributed by atoms with Gasteiger partial charge >= 0.3 is 5.97 Å². The molecule has 0 radical (unpaired) electrons. The summed E-state index contributed by atoms with van der Waals surface area (Å²) >= 11 is 0. The van der Waals surface area contributed by atoms with Gasteiger partial charge in [-0.25, -0.2) is 0 Å². The van der Waals surface area contributed by atoms with Gasteiger partial charge in [0.15, 0.2) is 18.7 Å². The average molecular weight is 789 g/mol. The van der Waals surface area contributed by atoms with E-state index in [0.29, 0.717) is 18.3 Å². The molecule has 2 bridgehead atoms. The van der Waals surface area contributed by atoms with E-state index >= 15 is 0 Å². The molecule has 7 rings (SSSR count). The van der Waals surface area contributed by atoms with Gasteiger partial charge < -0.3 is 79.5 Å². The van der Waals surface area contributed by atoms with Crippen LogP contribution in [0.5, 0.6) is 0 Å². The molecule has 4 saturated carbocycles. The Kier molecular flexibility index (Phi) is 11.9. The Hall–Kier alpha value is -1.39. The summed E-state index contributed by atoms with van der Waals surface area (Å²) < 4.78 is 35.4. The van der Waals surface area contributed by atoms with Crippen molar-refractivity contribution in [1.82, 2.24) is 0 Å². The minimum Gasteiger partial charge on any atom is -0.432 e. The van der Waals surface area contributed by atoms with Crippen LogP contribution in [0.4, 0.5) is 0 Å². The lowest BCUT2D eigenvalue weighted by Crippen LogP contribution is -2.67. The topological polar surface area (TPSA) is 275 Å². The van der Waals surface area contributed by atoms with E-state index in [1.165, 1.54) is 5.57 Å². The molecule has 55 heavy (non-hydrogen) atoms. The van der Waals surface area contributed by atoms with Crippen LogP contribution in [-0.2, 0) is 33.2 Å². The molecule has 7 aliphatic rings. The number of ether oxygens (including phenoxy) is 6. The summed E-state index contributed by atoms with van der Waals surface area (Å²) in [6.07, 6.45) is -17.9. The quantitative estimate of drug-likeness (QED) is 0.0889. The van der Waals surface area contributed by atoms with Crippen LogP contribution in [0.2, 0.25) is 0 Å². The molecule has 21 atom stereocenters. The first kappa shape index (κ1) is 41.8. The van der Waals surface area contributed by atoms with Crippen LogP contribution in [0, 0.1) is 34.0 Å². The van der Waals surface area contributed by atoms with Crippen molar-refractivity contribution in [2.45, 2.75) is 164 Å².